The molecule has 116 valence electrons. The van der Waals surface area contributed by atoms with Gasteiger partial charge in [0.05, 0.1) is 12.3 Å². The lowest BCUT2D eigenvalue weighted by Gasteiger charge is -2.12. The topological polar surface area (TPSA) is 95.7 Å². The number of hydrogen-bond donors (Lipinski definition) is 1. The Morgan fingerprint density at radius 1 is 1.29 bits per heavy atom. The van der Waals surface area contributed by atoms with Crippen molar-refractivity contribution < 1.29 is 4.52 Å². The fourth-order valence-corrected chi connectivity index (χ4v) is 2.73. The van der Waals surface area contributed by atoms with E-state index < -0.39 is 0 Å². The van der Waals surface area contributed by atoms with Crippen LogP contribution in [0.5, 0.6) is 0 Å². The normalized spacial score (nSPS) is 12.3. The van der Waals surface area contributed by atoms with Gasteiger partial charge in [-0.05, 0) is 13.8 Å². The Hall–Kier alpha value is -1.41. The zero-order valence-electron chi connectivity index (χ0n) is 13.1. The second-order valence-electron chi connectivity index (χ2n) is 6.12. The number of nitrogens with zero attached hydrogens (tertiary/aromatic N) is 5. The molecule has 2 heterocycles. The van der Waals surface area contributed by atoms with Crippen LogP contribution in [0.3, 0.4) is 0 Å². The minimum atomic E-state index is -0.114. The van der Waals surface area contributed by atoms with Gasteiger partial charge in [0.25, 0.3) is 0 Å². The van der Waals surface area contributed by atoms with Crippen LogP contribution in [0.2, 0.25) is 0 Å². The van der Waals surface area contributed by atoms with Gasteiger partial charge in [-0.25, -0.2) is 0 Å². The molecule has 0 aliphatic heterocycles. The third-order valence-electron chi connectivity index (χ3n) is 2.90. The molecule has 7 nitrogen and oxygen atoms in total. The van der Waals surface area contributed by atoms with E-state index in [1.807, 2.05) is 4.57 Å². The number of aromatic nitrogens is 5. The summed E-state index contributed by atoms with van der Waals surface area (Å²) in [5.74, 6) is 2.66. The van der Waals surface area contributed by atoms with Gasteiger partial charge in [0.2, 0.25) is 5.89 Å². The molecule has 0 bridgehead atoms. The van der Waals surface area contributed by atoms with Crippen LogP contribution in [0, 0.1) is 0 Å². The second kappa shape index (κ2) is 6.15. The van der Waals surface area contributed by atoms with Crippen molar-refractivity contribution >= 4 is 11.8 Å². The Balaban J connectivity index is 2.10. The molecule has 0 aliphatic carbocycles. The van der Waals surface area contributed by atoms with Gasteiger partial charge in [-0.3, -0.25) is 0 Å². The highest BCUT2D eigenvalue weighted by Crippen LogP contribution is 2.25. The monoisotopic (exact) mass is 310 g/mol. The molecular formula is C13H22N6OS. The van der Waals surface area contributed by atoms with E-state index in [-0.39, 0.29) is 11.5 Å². The molecule has 2 rings (SSSR count). The second-order valence-corrected chi connectivity index (χ2v) is 7.06. The molecule has 0 atom stereocenters. The van der Waals surface area contributed by atoms with Crippen LogP contribution in [-0.2, 0) is 17.7 Å². The molecule has 0 aliphatic rings. The number of nitrogens with two attached hydrogens (primary N) is 1. The van der Waals surface area contributed by atoms with Crippen molar-refractivity contribution in [1.82, 2.24) is 24.9 Å². The zero-order chi connectivity index (χ0) is 15.6. The summed E-state index contributed by atoms with van der Waals surface area (Å²) in [4.78, 5) is 4.42. The third-order valence-corrected chi connectivity index (χ3v) is 3.83. The SMILES string of the molecule is CC(C)n1c(CN)nnc1SCc1nc(C(C)(C)C)no1. The first-order valence-electron chi connectivity index (χ1n) is 6.92. The molecule has 0 radical (unpaired) electrons. The van der Waals surface area contributed by atoms with Gasteiger partial charge in [0, 0.05) is 11.5 Å². The summed E-state index contributed by atoms with van der Waals surface area (Å²) in [7, 11) is 0. The van der Waals surface area contributed by atoms with E-state index in [0.29, 0.717) is 24.0 Å². The molecule has 0 saturated carbocycles. The fourth-order valence-electron chi connectivity index (χ4n) is 1.81. The van der Waals surface area contributed by atoms with E-state index in [9.17, 15) is 0 Å². The van der Waals surface area contributed by atoms with Gasteiger partial charge in [-0.1, -0.05) is 37.7 Å². The predicted molar refractivity (Wildman–Crippen MR) is 80.9 cm³/mol. The Morgan fingerprint density at radius 2 is 2.00 bits per heavy atom. The van der Waals surface area contributed by atoms with Crippen LogP contribution in [-0.4, -0.2) is 24.9 Å². The van der Waals surface area contributed by atoms with Crippen LogP contribution in [0.4, 0.5) is 0 Å². The average molecular weight is 310 g/mol. The van der Waals surface area contributed by atoms with Crippen molar-refractivity contribution in [3.05, 3.63) is 17.5 Å². The number of hydrogen-bond acceptors (Lipinski definition) is 7. The summed E-state index contributed by atoms with van der Waals surface area (Å²) in [5, 5.41) is 13.1. The highest BCUT2D eigenvalue weighted by molar-refractivity contribution is 7.98. The molecule has 2 aromatic heterocycles. The van der Waals surface area contributed by atoms with Gasteiger partial charge < -0.3 is 14.8 Å². The van der Waals surface area contributed by atoms with Crippen LogP contribution < -0.4 is 5.73 Å². The molecule has 21 heavy (non-hydrogen) atoms. The molecule has 2 aromatic rings. The zero-order valence-corrected chi connectivity index (χ0v) is 13.9. The van der Waals surface area contributed by atoms with Crippen LogP contribution in [0.15, 0.2) is 9.68 Å². The van der Waals surface area contributed by atoms with E-state index in [1.54, 1.807) is 0 Å². The Kier molecular flexibility index (Phi) is 4.67. The maximum Gasteiger partial charge on any atom is 0.237 e. The molecule has 0 spiro atoms. The molecule has 0 aromatic carbocycles. The van der Waals surface area contributed by atoms with Crippen LogP contribution >= 0.6 is 11.8 Å². The fraction of sp³-hybridized carbons (Fsp3) is 0.692. The lowest BCUT2D eigenvalue weighted by Crippen LogP contribution is -2.13. The van der Waals surface area contributed by atoms with Crippen molar-refractivity contribution in [1.29, 1.82) is 0 Å². The minimum Gasteiger partial charge on any atom is -0.338 e. The first-order valence-corrected chi connectivity index (χ1v) is 7.91. The first-order chi connectivity index (χ1) is 9.82. The maximum atomic E-state index is 5.69. The van der Waals surface area contributed by atoms with E-state index in [4.69, 9.17) is 10.3 Å². The predicted octanol–water partition coefficient (Wildman–Crippen LogP) is 2.29. The third kappa shape index (κ3) is 3.62. The lowest BCUT2D eigenvalue weighted by molar-refractivity contribution is 0.372. The standard InChI is InChI=1S/C13H22N6OS/c1-8(2)19-9(6-14)16-17-12(19)21-7-10-15-11(18-20-10)13(3,4)5/h8H,6-7,14H2,1-5H3. The summed E-state index contributed by atoms with van der Waals surface area (Å²) in [5.41, 5.74) is 5.57. The van der Waals surface area contributed by atoms with Crippen molar-refractivity contribution in [2.24, 2.45) is 5.73 Å². The minimum absolute atomic E-state index is 0.114. The maximum absolute atomic E-state index is 5.69. The lowest BCUT2D eigenvalue weighted by atomic mass is 9.96. The summed E-state index contributed by atoms with van der Waals surface area (Å²) < 4.78 is 7.32. The molecule has 0 fully saturated rings. The largest absolute Gasteiger partial charge is 0.338 e. The summed E-state index contributed by atoms with van der Waals surface area (Å²) in [6.07, 6.45) is 0. The van der Waals surface area contributed by atoms with E-state index in [0.717, 1.165) is 11.0 Å². The van der Waals surface area contributed by atoms with Gasteiger partial charge in [0.15, 0.2) is 11.0 Å². The number of rotatable bonds is 5. The van der Waals surface area contributed by atoms with E-state index in [1.165, 1.54) is 11.8 Å². The van der Waals surface area contributed by atoms with Crippen molar-refractivity contribution in [3.8, 4) is 0 Å². The summed E-state index contributed by atoms with van der Waals surface area (Å²) >= 11 is 1.53. The Morgan fingerprint density at radius 3 is 2.52 bits per heavy atom. The Bertz CT molecular complexity index is 598. The van der Waals surface area contributed by atoms with Gasteiger partial charge in [0.1, 0.15) is 5.82 Å². The molecule has 8 heteroatoms. The van der Waals surface area contributed by atoms with Gasteiger partial charge >= 0.3 is 0 Å². The van der Waals surface area contributed by atoms with E-state index >= 15 is 0 Å². The van der Waals surface area contributed by atoms with Gasteiger partial charge in [-0.15, -0.1) is 10.2 Å². The smallest absolute Gasteiger partial charge is 0.237 e. The molecule has 0 unspecified atom stereocenters. The molecule has 0 amide bonds. The average Bonchev–Trinajstić information content (AvgIpc) is 3.02. The van der Waals surface area contributed by atoms with Gasteiger partial charge in [-0.2, -0.15) is 4.98 Å². The summed E-state index contributed by atoms with van der Waals surface area (Å²) in [6.45, 7) is 10.7. The molecular weight excluding hydrogens is 288 g/mol. The summed E-state index contributed by atoms with van der Waals surface area (Å²) in [6, 6.07) is 0.258. The van der Waals surface area contributed by atoms with E-state index in [2.05, 4.69) is 55.0 Å². The molecule has 2 N–H and O–H groups in total. The van der Waals surface area contributed by atoms with Crippen LogP contribution in [0.25, 0.3) is 0 Å². The van der Waals surface area contributed by atoms with Crippen molar-refractivity contribution in [3.63, 3.8) is 0 Å². The van der Waals surface area contributed by atoms with Crippen molar-refractivity contribution in [2.75, 3.05) is 0 Å². The molecule has 0 saturated heterocycles. The quantitative estimate of drug-likeness (QED) is 0.846. The Labute approximate surface area is 128 Å². The van der Waals surface area contributed by atoms with Crippen LogP contribution in [0.1, 0.15) is 58.2 Å². The highest BCUT2D eigenvalue weighted by Gasteiger charge is 2.21. The van der Waals surface area contributed by atoms with Crippen molar-refractivity contribution in [2.45, 2.75) is 63.5 Å². The first kappa shape index (κ1) is 16.0. The highest BCUT2D eigenvalue weighted by atomic mass is 32.2. The number of thioether (sulfide) groups is 1.